The van der Waals surface area contributed by atoms with E-state index in [9.17, 15) is 4.79 Å². The van der Waals surface area contributed by atoms with E-state index in [1.54, 1.807) is 34.6 Å². The second kappa shape index (κ2) is 6.62. The van der Waals surface area contributed by atoms with Crippen molar-refractivity contribution in [1.82, 2.24) is 14.0 Å². The second-order valence-electron chi connectivity index (χ2n) is 6.83. The first-order chi connectivity index (χ1) is 12.5. The van der Waals surface area contributed by atoms with Crippen molar-refractivity contribution in [1.29, 1.82) is 0 Å². The molecule has 0 aliphatic carbocycles. The molecule has 0 saturated heterocycles. The second-order valence-corrected chi connectivity index (χ2v) is 7.67. The Labute approximate surface area is 162 Å². The molecule has 4 nitrogen and oxygen atoms in total. The summed E-state index contributed by atoms with van der Waals surface area (Å²) in [5.74, 6) is 0.0863. The van der Waals surface area contributed by atoms with Crippen molar-refractivity contribution in [2.75, 3.05) is 13.6 Å². The fourth-order valence-corrected chi connectivity index (χ4v) is 4.33. The summed E-state index contributed by atoms with van der Waals surface area (Å²) >= 11 is 12.8. The van der Waals surface area contributed by atoms with Gasteiger partial charge in [-0.25, -0.2) is 4.79 Å². The predicted octanol–water partition coefficient (Wildman–Crippen LogP) is 4.06. The van der Waals surface area contributed by atoms with Gasteiger partial charge in [-0.05, 0) is 41.9 Å². The Hall–Kier alpha value is -2.01. The van der Waals surface area contributed by atoms with Crippen molar-refractivity contribution in [3.05, 3.63) is 86.0 Å². The molecule has 0 radical (unpaired) electrons. The number of hydrogen-bond acceptors (Lipinski definition) is 2. The van der Waals surface area contributed by atoms with Crippen LogP contribution < -0.4 is 5.69 Å². The zero-order valence-corrected chi connectivity index (χ0v) is 16.1. The number of benzene rings is 2. The largest absolute Gasteiger partial charge is 0.332 e. The molecule has 4 rings (SSSR count). The zero-order valence-electron chi connectivity index (χ0n) is 14.6. The highest BCUT2D eigenvalue weighted by Gasteiger charge is 2.29. The summed E-state index contributed by atoms with van der Waals surface area (Å²) in [6.45, 7) is 1.62. The van der Waals surface area contributed by atoms with Gasteiger partial charge in [-0.2, -0.15) is 0 Å². The minimum atomic E-state index is -0.0639. The first-order valence-electron chi connectivity index (χ1n) is 8.45. The molecule has 0 unspecified atom stereocenters. The standard InChI is InChI=1S/C20H19Cl2N3O/c1-23-11-16(15-9-13(21)10-18(22)17(15)12-23)14-5-3-4-6-19(14)25-8-7-24(2)20(25)26/h3-10,16H,11-12H2,1-2H3/t16-/m0/s1. The van der Waals surface area contributed by atoms with Crippen LogP contribution >= 0.6 is 23.2 Å². The molecule has 1 aromatic heterocycles. The number of rotatable bonds is 2. The maximum Gasteiger partial charge on any atom is 0.332 e. The number of aromatic nitrogens is 2. The smallest absolute Gasteiger partial charge is 0.302 e. The minimum absolute atomic E-state index is 0.0639. The molecule has 134 valence electrons. The van der Waals surface area contributed by atoms with Crippen LogP contribution in [-0.4, -0.2) is 27.6 Å². The van der Waals surface area contributed by atoms with Gasteiger partial charge >= 0.3 is 5.69 Å². The van der Waals surface area contributed by atoms with E-state index in [0.717, 1.165) is 35.5 Å². The molecule has 3 aromatic rings. The van der Waals surface area contributed by atoms with Gasteiger partial charge in [0.1, 0.15) is 0 Å². The predicted molar refractivity (Wildman–Crippen MR) is 106 cm³/mol. The highest BCUT2D eigenvalue weighted by Crippen LogP contribution is 2.39. The van der Waals surface area contributed by atoms with E-state index in [2.05, 4.69) is 18.0 Å². The van der Waals surface area contributed by atoms with E-state index in [-0.39, 0.29) is 11.6 Å². The Morgan fingerprint density at radius 3 is 2.54 bits per heavy atom. The summed E-state index contributed by atoms with van der Waals surface area (Å²) in [6.07, 6.45) is 3.58. The molecule has 0 saturated carbocycles. The quantitative estimate of drug-likeness (QED) is 0.663. The van der Waals surface area contributed by atoms with Crippen LogP contribution in [0.4, 0.5) is 0 Å². The number of nitrogens with zero attached hydrogens (tertiary/aromatic N) is 3. The maximum absolute atomic E-state index is 12.5. The number of aryl methyl sites for hydroxylation is 1. The summed E-state index contributed by atoms with van der Waals surface area (Å²) in [5.41, 5.74) is 4.15. The zero-order chi connectivity index (χ0) is 18.4. The fourth-order valence-electron chi connectivity index (χ4n) is 3.76. The van der Waals surface area contributed by atoms with Gasteiger partial charge in [0.25, 0.3) is 0 Å². The number of likely N-dealkylation sites (N-methyl/N-ethyl adjacent to an activating group) is 1. The lowest BCUT2D eigenvalue weighted by atomic mass is 9.84. The normalized spacial score (nSPS) is 17.3. The monoisotopic (exact) mass is 387 g/mol. The van der Waals surface area contributed by atoms with Crippen LogP contribution in [0, 0.1) is 0 Å². The van der Waals surface area contributed by atoms with Gasteiger partial charge in [0, 0.05) is 48.5 Å². The van der Waals surface area contributed by atoms with E-state index in [0.29, 0.717) is 10.0 Å². The molecule has 2 heterocycles. The molecule has 0 spiro atoms. The third kappa shape index (κ3) is 2.88. The summed E-state index contributed by atoms with van der Waals surface area (Å²) in [5, 5.41) is 1.33. The summed E-state index contributed by atoms with van der Waals surface area (Å²) in [7, 11) is 3.84. The van der Waals surface area contributed by atoms with Gasteiger partial charge < -0.3 is 9.47 Å². The van der Waals surface area contributed by atoms with Crippen molar-refractivity contribution in [3.8, 4) is 5.69 Å². The van der Waals surface area contributed by atoms with Crippen molar-refractivity contribution in [3.63, 3.8) is 0 Å². The molecule has 1 atom stereocenters. The third-order valence-electron chi connectivity index (χ3n) is 5.01. The first-order valence-corrected chi connectivity index (χ1v) is 9.21. The van der Waals surface area contributed by atoms with Crippen LogP contribution in [-0.2, 0) is 13.6 Å². The average molecular weight is 388 g/mol. The van der Waals surface area contributed by atoms with Crippen LogP contribution in [0.25, 0.3) is 5.69 Å². The van der Waals surface area contributed by atoms with Crippen LogP contribution in [0.2, 0.25) is 10.0 Å². The van der Waals surface area contributed by atoms with Crippen molar-refractivity contribution >= 4 is 23.2 Å². The van der Waals surface area contributed by atoms with Gasteiger partial charge in [0.2, 0.25) is 0 Å². The van der Waals surface area contributed by atoms with Crippen molar-refractivity contribution in [2.45, 2.75) is 12.5 Å². The highest BCUT2D eigenvalue weighted by atomic mass is 35.5. The highest BCUT2D eigenvalue weighted by molar-refractivity contribution is 6.35. The van der Waals surface area contributed by atoms with Gasteiger partial charge in [-0.15, -0.1) is 0 Å². The Kier molecular flexibility index (Phi) is 4.43. The number of fused-ring (bicyclic) bond motifs is 1. The molecule has 0 fully saturated rings. The fraction of sp³-hybridized carbons (Fsp3) is 0.250. The van der Waals surface area contributed by atoms with Crippen LogP contribution in [0.5, 0.6) is 0 Å². The van der Waals surface area contributed by atoms with Crippen LogP contribution in [0.3, 0.4) is 0 Å². The van der Waals surface area contributed by atoms with Gasteiger partial charge in [0.15, 0.2) is 0 Å². The van der Waals surface area contributed by atoms with Gasteiger partial charge in [-0.1, -0.05) is 41.4 Å². The molecule has 1 aliphatic rings. The third-order valence-corrected chi connectivity index (χ3v) is 5.57. The molecule has 2 aromatic carbocycles. The average Bonchev–Trinajstić information content (AvgIpc) is 2.94. The van der Waals surface area contributed by atoms with E-state index in [1.165, 1.54) is 0 Å². The minimum Gasteiger partial charge on any atom is -0.302 e. The Balaban J connectivity index is 1.93. The number of halogens is 2. The van der Waals surface area contributed by atoms with Gasteiger partial charge in [-0.3, -0.25) is 4.57 Å². The first kappa shape index (κ1) is 17.4. The lowest BCUT2D eigenvalue weighted by Gasteiger charge is -2.34. The number of para-hydroxylation sites is 1. The van der Waals surface area contributed by atoms with Crippen molar-refractivity contribution < 1.29 is 0 Å². The molecular formula is C20H19Cl2N3O. The van der Waals surface area contributed by atoms with E-state index in [1.807, 2.05) is 24.3 Å². The summed E-state index contributed by atoms with van der Waals surface area (Å²) in [6, 6.07) is 11.8. The molecule has 0 bridgehead atoms. The van der Waals surface area contributed by atoms with E-state index < -0.39 is 0 Å². The molecule has 1 aliphatic heterocycles. The molecule has 26 heavy (non-hydrogen) atoms. The molecule has 0 amide bonds. The van der Waals surface area contributed by atoms with Gasteiger partial charge in [0.05, 0.1) is 5.69 Å². The van der Waals surface area contributed by atoms with Crippen LogP contribution in [0.15, 0.2) is 53.6 Å². The van der Waals surface area contributed by atoms with E-state index in [4.69, 9.17) is 23.2 Å². The summed E-state index contributed by atoms with van der Waals surface area (Å²) in [4.78, 5) is 14.7. The maximum atomic E-state index is 12.5. The van der Waals surface area contributed by atoms with Crippen molar-refractivity contribution in [2.24, 2.45) is 7.05 Å². The Bertz CT molecular complexity index is 1040. The SMILES string of the molecule is CN1Cc2c(Cl)cc(Cl)cc2[C@H](c2ccccc2-n2ccn(C)c2=O)C1. The number of imidazole rings is 1. The molecular weight excluding hydrogens is 369 g/mol. The lowest BCUT2D eigenvalue weighted by Crippen LogP contribution is -2.32. The molecule has 6 heteroatoms. The number of hydrogen-bond donors (Lipinski definition) is 0. The summed E-state index contributed by atoms with van der Waals surface area (Å²) < 4.78 is 3.27. The topological polar surface area (TPSA) is 30.2 Å². The van der Waals surface area contributed by atoms with E-state index >= 15 is 0 Å². The Morgan fingerprint density at radius 2 is 1.81 bits per heavy atom. The Morgan fingerprint density at radius 1 is 1.04 bits per heavy atom. The lowest BCUT2D eigenvalue weighted by molar-refractivity contribution is 0.295. The van der Waals surface area contributed by atoms with Crippen LogP contribution in [0.1, 0.15) is 22.6 Å². The molecule has 0 N–H and O–H groups in total.